The summed E-state index contributed by atoms with van der Waals surface area (Å²) in [5.74, 6) is -3.11. The van der Waals surface area contributed by atoms with Crippen LogP contribution < -0.4 is 5.73 Å². The highest BCUT2D eigenvalue weighted by Gasteiger charge is 2.58. The Kier molecular flexibility index (Phi) is 6.05. The minimum absolute atomic E-state index is 0.0198. The predicted octanol–water partition coefficient (Wildman–Crippen LogP) is 1.76. The van der Waals surface area contributed by atoms with Crippen molar-refractivity contribution in [1.82, 2.24) is 0 Å². The van der Waals surface area contributed by atoms with Crippen LogP contribution in [0.3, 0.4) is 0 Å². The lowest BCUT2D eigenvalue weighted by molar-refractivity contribution is -0.249. The second kappa shape index (κ2) is 8.69. The molecule has 202 valence electrons. The quantitative estimate of drug-likeness (QED) is 0.317. The number of benzene rings is 2. The Labute approximate surface area is 219 Å². The van der Waals surface area contributed by atoms with Crippen LogP contribution in [-0.4, -0.2) is 67.9 Å². The first-order valence-electron chi connectivity index (χ1n) is 12.5. The van der Waals surface area contributed by atoms with Crippen LogP contribution in [0.1, 0.15) is 89.6 Å². The van der Waals surface area contributed by atoms with Crippen molar-refractivity contribution < 1.29 is 44.3 Å². The third kappa shape index (κ3) is 3.48. The number of nitrogens with two attached hydrogens (primary N) is 1. The summed E-state index contributed by atoms with van der Waals surface area (Å²) in [5, 5.41) is 45.0. The molecule has 6 atom stereocenters. The highest BCUT2D eigenvalue weighted by molar-refractivity contribution is 6.30. The lowest BCUT2D eigenvalue weighted by Crippen LogP contribution is -2.58. The summed E-state index contributed by atoms with van der Waals surface area (Å²) in [6.45, 7) is 5.86. The summed E-state index contributed by atoms with van der Waals surface area (Å²) in [5.41, 5.74) is 1.76. The maximum Gasteiger partial charge on any atom is 0.198 e. The molecule has 0 saturated carbocycles. The Balaban J connectivity index is 1.74. The Hall–Kier alpha value is -3.15. The van der Waals surface area contributed by atoms with Crippen LogP contribution in [0, 0.1) is 0 Å². The van der Waals surface area contributed by atoms with Gasteiger partial charge in [0.05, 0.1) is 29.4 Å². The normalized spacial score (nSPS) is 31.8. The number of fused-ring (bicyclic) bond motifs is 3. The van der Waals surface area contributed by atoms with Gasteiger partial charge in [-0.3, -0.25) is 14.4 Å². The Morgan fingerprint density at radius 1 is 1.08 bits per heavy atom. The molecule has 0 unspecified atom stereocenters. The summed E-state index contributed by atoms with van der Waals surface area (Å²) < 4.78 is 11.9. The summed E-state index contributed by atoms with van der Waals surface area (Å²) in [4.78, 5) is 39.8. The van der Waals surface area contributed by atoms with Gasteiger partial charge < -0.3 is 35.6 Å². The third-order valence-corrected chi connectivity index (χ3v) is 8.47. The minimum atomic E-state index is -2.08. The van der Waals surface area contributed by atoms with E-state index in [9.17, 15) is 34.8 Å². The molecule has 1 heterocycles. The molecule has 0 radical (unpaired) electrons. The van der Waals surface area contributed by atoms with Crippen LogP contribution in [0.15, 0.2) is 24.3 Å². The summed E-state index contributed by atoms with van der Waals surface area (Å²) in [6, 6.07) is 5.41. The van der Waals surface area contributed by atoms with Gasteiger partial charge in [0, 0.05) is 46.6 Å². The molecule has 2 aromatic carbocycles. The van der Waals surface area contributed by atoms with E-state index in [4.69, 9.17) is 15.2 Å². The van der Waals surface area contributed by atoms with E-state index in [1.165, 1.54) is 32.9 Å². The molecule has 0 aromatic heterocycles. The number of aliphatic hydroxyl groups excluding tert-OH is 1. The van der Waals surface area contributed by atoms with E-state index in [1.807, 2.05) is 0 Å². The second-order valence-electron chi connectivity index (χ2n) is 11.0. The van der Waals surface area contributed by atoms with Gasteiger partial charge in [0.15, 0.2) is 23.6 Å². The van der Waals surface area contributed by atoms with Crippen LogP contribution in [0.4, 0.5) is 0 Å². The zero-order chi connectivity index (χ0) is 27.9. The zero-order valence-electron chi connectivity index (χ0n) is 21.5. The number of carbonyl (C=O) groups excluding carboxylic acids is 3. The van der Waals surface area contributed by atoms with E-state index in [1.54, 1.807) is 19.1 Å². The number of hydrogen-bond donors (Lipinski definition) is 5. The number of phenolic OH excluding ortho intramolecular Hbond substituents is 2. The largest absolute Gasteiger partial charge is 0.507 e. The predicted molar refractivity (Wildman–Crippen MR) is 133 cm³/mol. The Morgan fingerprint density at radius 3 is 2.16 bits per heavy atom. The number of rotatable bonds is 3. The molecule has 3 aliphatic rings. The molecule has 2 aromatic rings. The molecular formula is C28H31NO9. The van der Waals surface area contributed by atoms with E-state index in [0.29, 0.717) is 0 Å². The van der Waals surface area contributed by atoms with Crippen LogP contribution >= 0.6 is 0 Å². The van der Waals surface area contributed by atoms with E-state index < -0.39 is 76.1 Å². The maximum atomic E-state index is 13.5. The van der Waals surface area contributed by atoms with Gasteiger partial charge in [-0.2, -0.15) is 0 Å². The summed E-state index contributed by atoms with van der Waals surface area (Å²) in [7, 11) is 0. The molecule has 38 heavy (non-hydrogen) atoms. The summed E-state index contributed by atoms with van der Waals surface area (Å²) >= 11 is 0. The SMILES string of the molecule is CC(=O)[C@@]1(O)C[C@H](O[C@H]2C[C@H](N)[C@H](O)[C@H](C)O2)c2c(O)c3c(c(O)c2C1(C)C)C(=O)c1ccccc1C3=O. The smallest absolute Gasteiger partial charge is 0.198 e. The number of ketones is 3. The molecule has 1 fully saturated rings. The van der Waals surface area contributed by atoms with Crippen LogP contribution in [0.5, 0.6) is 11.5 Å². The van der Waals surface area contributed by atoms with Gasteiger partial charge in [0.2, 0.25) is 0 Å². The zero-order valence-corrected chi connectivity index (χ0v) is 21.5. The van der Waals surface area contributed by atoms with Crippen molar-refractivity contribution in [3.8, 4) is 11.5 Å². The third-order valence-electron chi connectivity index (χ3n) is 8.47. The molecule has 1 saturated heterocycles. The lowest BCUT2D eigenvalue weighted by Gasteiger charge is -2.50. The van der Waals surface area contributed by atoms with Crippen molar-refractivity contribution in [2.24, 2.45) is 5.73 Å². The standard InChI is InChI=1S/C28H31NO9/c1-11-22(31)15(29)9-17(37-11)38-16-10-28(36,12(2)30)27(3,4)21-18(16)25(34)19-20(26(21)35)24(33)14-8-6-5-7-13(14)23(19)32/h5-8,11,15-17,22,31,34-36H,9-10,29H2,1-4H3/t11-,15-,16-,17-,22+,28-/m0/s1. The van der Waals surface area contributed by atoms with E-state index in [2.05, 4.69) is 0 Å². The number of aromatic hydroxyl groups is 2. The molecule has 6 N–H and O–H groups in total. The van der Waals surface area contributed by atoms with Gasteiger partial charge in [-0.25, -0.2) is 0 Å². The van der Waals surface area contributed by atoms with E-state index >= 15 is 0 Å². The first kappa shape index (κ1) is 26.5. The minimum Gasteiger partial charge on any atom is -0.507 e. The Bertz CT molecular complexity index is 1370. The molecule has 5 rings (SSSR count). The first-order chi connectivity index (χ1) is 17.7. The molecule has 10 heteroatoms. The number of carbonyl (C=O) groups is 3. The molecule has 0 bridgehead atoms. The topological polar surface area (TPSA) is 177 Å². The average Bonchev–Trinajstić information content (AvgIpc) is 2.85. The molecule has 2 aliphatic carbocycles. The van der Waals surface area contributed by atoms with Gasteiger partial charge in [-0.15, -0.1) is 0 Å². The highest BCUT2D eigenvalue weighted by Crippen LogP contribution is 2.58. The van der Waals surface area contributed by atoms with Crippen molar-refractivity contribution in [3.05, 3.63) is 57.6 Å². The fourth-order valence-electron chi connectivity index (χ4n) is 6.17. The highest BCUT2D eigenvalue weighted by atomic mass is 16.7. The molecule has 1 aliphatic heterocycles. The van der Waals surface area contributed by atoms with Crippen molar-refractivity contribution in [3.63, 3.8) is 0 Å². The van der Waals surface area contributed by atoms with Crippen molar-refractivity contribution in [2.45, 2.75) is 82.2 Å². The second-order valence-corrected chi connectivity index (χ2v) is 11.0. The van der Waals surface area contributed by atoms with Gasteiger partial charge in [0.25, 0.3) is 0 Å². The van der Waals surface area contributed by atoms with Crippen LogP contribution in [-0.2, 0) is 19.7 Å². The van der Waals surface area contributed by atoms with Gasteiger partial charge in [0.1, 0.15) is 17.1 Å². The van der Waals surface area contributed by atoms with Crippen LogP contribution in [0.2, 0.25) is 0 Å². The van der Waals surface area contributed by atoms with Crippen molar-refractivity contribution >= 4 is 17.3 Å². The van der Waals surface area contributed by atoms with E-state index in [0.717, 1.165) is 0 Å². The molecule has 10 nitrogen and oxygen atoms in total. The number of phenols is 2. The molecule has 0 amide bonds. The monoisotopic (exact) mass is 525 g/mol. The number of hydrogen-bond acceptors (Lipinski definition) is 10. The lowest BCUT2D eigenvalue weighted by atomic mass is 9.58. The van der Waals surface area contributed by atoms with Gasteiger partial charge in [-0.1, -0.05) is 38.1 Å². The summed E-state index contributed by atoms with van der Waals surface area (Å²) in [6.07, 6.45) is -4.11. The molecule has 0 spiro atoms. The molecular weight excluding hydrogens is 494 g/mol. The number of aliphatic hydroxyl groups is 2. The van der Waals surface area contributed by atoms with Crippen molar-refractivity contribution in [2.75, 3.05) is 0 Å². The average molecular weight is 526 g/mol. The fraction of sp³-hybridized carbons (Fsp3) is 0.464. The Morgan fingerprint density at radius 2 is 1.63 bits per heavy atom. The first-order valence-corrected chi connectivity index (χ1v) is 12.5. The van der Waals surface area contributed by atoms with Crippen LogP contribution in [0.25, 0.3) is 0 Å². The number of ether oxygens (including phenoxy) is 2. The van der Waals surface area contributed by atoms with E-state index in [-0.39, 0.29) is 40.7 Å². The fourth-order valence-corrected chi connectivity index (χ4v) is 6.17. The number of Topliss-reactive ketones (excluding diaryl/α,β-unsaturated/α-hetero) is 1. The maximum absolute atomic E-state index is 13.5. The van der Waals surface area contributed by atoms with Gasteiger partial charge >= 0.3 is 0 Å². The van der Waals surface area contributed by atoms with Crippen molar-refractivity contribution in [1.29, 1.82) is 0 Å². The van der Waals surface area contributed by atoms with Gasteiger partial charge in [-0.05, 0) is 13.8 Å².